The fraction of sp³-hybridized carbons (Fsp3) is 0.417. The van der Waals surface area contributed by atoms with Crippen LogP contribution in [0.4, 0.5) is 0 Å². The van der Waals surface area contributed by atoms with Crippen molar-refractivity contribution < 1.29 is 13.2 Å². The summed E-state index contributed by atoms with van der Waals surface area (Å²) in [7, 11) is -3.62. The average molecular weight is 442 g/mol. The number of hydrogen-bond donors (Lipinski definition) is 2. The molecule has 1 amide bonds. The van der Waals surface area contributed by atoms with Crippen molar-refractivity contribution in [3.05, 3.63) is 64.2 Å². The topological polar surface area (TPSA) is 87.6 Å². The van der Waals surface area contributed by atoms with Crippen LogP contribution in [-0.4, -0.2) is 32.7 Å². The number of aryl methyl sites for hydroxylation is 2. The van der Waals surface area contributed by atoms with E-state index in [0.717, 1.165) is 6.42 Å². The second kappa shape index (κ2) is 8.46. The summed E-state index contributed by atoms with van der Waals surface area (Å²) >= 11 is 0. The van der Waals surface area contributed by atoms with Crippen molar-refractivity contribution in [1.82, 2.24) is 10.0 Å². The number of aliphatic imine (C=N–C) groups is 1. The third-order valence-corrected chi connectivity index (χ3v) is 7.00. The van der Waals surface area contributed by atoms with Gasteiger partial charge in [0.05, 0.1) is 4.90 Å². The molecule has 2 N–H and O–H groups in total. The Bertz CT molecular complexity index is 1120. The summed E-state index contributed by atoms with van der Waals surface area (Å²) in [5.41, 5.74) is 5.59. The van der Waals surface area contributed by atoms with Gasteiger partial charge in [0.25, 0.3) is 10.0 Å². The Balaban J connectivity index is 1.65. The van der Waals surface area contributed by atoms with Crippen molar-refractivity contribution in [1.29, 1.82) is 0 Å². The largest absolute Gasteiger partial charge is 0.354 e. The van der Waals surface area contributed by atoms with E-state index in [0.29, 0.717) is 12.1 Å². The summed E-state index contributed by atoms with van der Waals surface area (Å²) in [4.78, 5) is 17.1. The molecule has 7 heteroatoms. The molecule has 6 nitrogen and oxygen atoms in total. The summed E-state index contributed by atoms with van der Waals surface area (Å²) in [6.45, 7) is 13.0. The highest BCUT2D eigenvalue weighted by Crippen LogP contribution is 2.27. The Morgan fingerprint density at radius 3 is 2.35 bits per heavy atom. The van der Waals surface area contributed by atoms with Crippen LogP contribution in [0.1, 0.15) is 55.5 Å². The van der Waals surface area contributed by atoms with Gasteiger partial charge in [-0.05, 0) is 67.0 Å². The van der Waals surface area contributed by atoms with Gasteiger partial charge in [0.2, 0.25) is 5.91 Å². The predicted molar refractivity (Wildman–Crippen MR) is 124 cm³/mol. The second-order valence-corrected chi connectivity index (χ2v) is 10.8. The minimum absolute atomic E-state index is 0.0945. The van der Waals surface area contributed by atoms with E-state index in [9.17, 15) is 13.2 Å². The number of rotatable bonds is 5. The highest BCUT2D eigenvalue weighted by molar-refractivity contribution is 7.90. The van der Waals surface area contributed by atoms with Crippen LogP contribution < -0.4 is 10.0 Å². The summed E-state index contributed by atoms with van der Waals surface area (Å²) in [6, 6.07) is 10.4. The van der Waals surface area contributed by atoms with Gasteiger partial charge in [-0.25, -0.2) is 8.42 Å². The Morgan fingerprint density at radius 2 is 1.74 bits per heavy atom. The molecule has 2 aromatic rings. The summed E-state index contributed by atoms with van der Waals surface area (Å²) < 4.78 is 26.8. The zero-order valence-corrected chi connectivity index (χ0v) is 19.9. The normalized spacial score (nSPS) is 17.2. The summed E-state index contributed by atoms with van der Waals surface area (Å²) in [5.74, 6) is -0.0274. The van der Waals surface area contributed by atoms with Crippen molar-refractivity contribution in [2.24, 2.45) is 4.99 Å². The van der Waals surface area contributed by atoms with Gasteiger partial charge in [0.15, 0.2) is 0 Å². The van der Waals surface area contributed by atoms with Gasteiger partial charge in [-0.15, -0.1) is 0 Å². The van der Waals surface area contributed by atoms with E-state index in [2.05, 4.69) is 61.8 Å². The second-order valence-electron chi connectivity index (χ2n) is 9.13. The zero-order chi connectivity index (χ0) is 23.0. The maximum absolute atomic E-state index is 12.6. The van der Waals surface area contributed by atoms with Crippen molar-refractivity contribution in [3.8, 4) is 0 Å². The third-order valence-electron chi connectivity index (χ3n) is 5.60. The van der Waals surface area contributed by atoms with Crippen molar-refractivity contribution in [2.75, 3.05) is 6.54 Å². The lowest BCUT2D eigenvalue weighted by molar-refractivity contribution is -0.121. The Labute approximate surface area is 185 Å². The number of amidine groups is 1. The van der Waals surface area contributed by atoms with Gasteiger partial charge in [-0.2, -0.15) is 0 Å². The molecule has 1 atom stereocenters. The predicted octanol–water partition coefficient (Wildman–Crippen LogP) is 3.39. The van der Waals surface area contributed by atoms with E-state index in [1.807, 2.05) is 0 Å². The van der Waals surface area contributed by atoms with E-state index in [-0.39, 0.29) is 22.1 Å². The molecule has 0 spiro atoms. The van der Waals surface area contributed by atoms with Gasteiger partial charge in [-0.1, -0.05) is 45.0 Å². The summed E-state index contributed by atoms with van der Waals surface area (Å²) in [5, 5.41) is 2.93. The van der Waals surface area contributed by atoms with Gasteiger partial charge < -0.3 is 5.32 Å². The Hall–Kier alpha value is -2.67. The number of nitrogens with zero attached hydrogens (tertiary/aromatic N) is 1. The molecule has 3 rings (SSSR count). The smallest absolute Gasteiger partial charge is 0.263 e. The van der Waals surface area contributed by atoms with E-state index in [4.69, 9.17) is 0 Å². The Morgan fingerprint density at radius 1 is 1.13 bits per heavy atom. The van der Waals surface area contributed by atoms with Crippen LogP contribution in [0.25, 0.3) is 0 Å². The van der Waals surface area contributed by atoms with Crippen LogP contribution >= 0.6 is 0 Å². The Kier molecular flexibility index (Phi) is 6.28. The van der Waals surface area contributed by atoms with E-state index in [1.165, 1.54) is 28.3 Å². The van der Waals surface area contributed by atoms with Crippen molar-refractivity contribution in [3.63, 3.8) is 0 Å². The molecular formula is C24H31N3O3S. The quantitative estimate of drug-likeness (QED) is 0.746. The molecule has 31 heavy (non-hydrogen) atoms. The number of amides is 1. The van der Waals surface area contributed by atoms with E-state index in [1.54, 1.807) is 25.1 Å². The first-order valence-corrected chi connectivity index (χ1v) is 12.0. The number of sulfonamides is 1. The molecule has 1 heterocycles. The summed E-state index contributed by atoms with van der Waals surface area (Å²) in [6.07, 6.45) is 0.729. The van der Waals surface area contributed by atoms with Gasteiger partial charge in [-0.3, -0.25) is 14.5 Å². The number of fused-ring (bicyclic) bond motifs is 1. The lowest BCUT2D eigenvalue weighted by atomic mass is 9.83. The molecule has 0 fully saturated rings. The van der Waals surface area contributed by atoms with E-state index < -0.39 is 16.1 Å². The van der Waals surface area contributed by atoms with Gasteiger partial charge >= 0.3 is 0 Å². The zero-order valence-electron chi connectivity index (χ0n) is 19.0. The molecule has 1 unspecified atom stereocenters. The first kappa shape index (κ1) is 23.0. The number of benzene rings is 2. The van der Waals surface area contributed by atoms with E-state index >= 15 is 0 Å². The number of nitrogens with one attached hydrogen (secondary N) is 2. The number of hydrogen-bond acceptors (Lipinski definition) is 4. The minimum Gasteiger partial charge on any atom is -0.354 e. The van der Waals surface area contributed by atoms with Crippen LogP contribution in [0.3, 0.4) is 0 Å². The van der Waals surface area contributed by atoms with Crippen LogP contribution in [-0.2, 0) is 26.7 Å². The van der Waals surface area contributed by atoms with Crippen molar-refractivity contribution >= 4 is 21.8 Å². The molecule has 166 valence electrons. The molecule has 1 aliphatic rings. The van der Waals surface area contributed by atoms with Crippen molar-refractivity contribution in [2.45, 2.75) is 64.3 Å². The van der Waals surface area contributed by atoms with Crippen LogP contribution in [0, 0.1) is 13.8 Å². The third kappa shape index (κ3) is 4.98. The maximum atomic E-state index is 12.6. The molecular weight excluding hydrogens is 410 g/mol. The highest BCUT2D eigenvalue weighted by atomic mass is 32.2. The fourth-order valence-corrected chi connectivity index (χ4v) is 5.00. The van der Waals surface area contributed by atoms with Crippen LogP contribution in [0.5, 0.6) is 0 Å². The first-order chi connectivity index (χ1) is 14.4. The first-order valence-electron chi connectivity index (χ1n) is 10.5. The minimum atomic E-state index is -3.62. The molecule has 0 bridgehead atoms. The monoisotopic (exact) mass is 441 g/mol. The standard InChI is InChI=1S/C24H31N3O3S/c1-15-13-18(24(4,5)6)14-16(2)19(15)11-12-25-23(28)17(3)26-22-20-9-7-8-10-21(20)31(29,30)27-22/h7-10,13-14,17H,11-12H2,1-6H3,(H,25,28)(H,26,27). The molecule has 0 saturated carbocycles. The average Bonchev–Trinajstić information content (AvgIpc) is 2.93. The fourth-order valence-electron chi connectivity index (χ4n) is 3.76. The molecule has 0 aliphatic carbocycles. The van der Waals surface area contributed by atoms with Crippen LogP contribution in [0.15, 0.2) is 46.3 Å². The van der Waals surface area contributed by atoms with Crippen LogP contribution in [0.2, 0.25) is 0 Å². The SMILES string of the molecule is Cc1cc(C(C)(C)C)cc(C)c1CCNC(=O)C(C)N=C1NS(=O)(=O)c2ccccc21. The lowest BCUT2D eigenvalue weighted by Gasteiger charge is -2.22. The van der Waals surface area contributed by atoms with Gasteiger partial charge in [0.1, 0.15) is 11.9 Å². The molecule has 0 radical (unpaired) electrons. The number of carbonyl (C=O) groups excluding carboxylic acids is 1. The molecule has 1 aliphatic heterocycles. The molecule has 2 aromatic carbocycles. The lowest BCUT2D eigenvalue weighted by Crippen LogP contribution is -2.35. The molecule has 0 saturated heterocycles. The molecule has 0 aromatic heterocycles. The maximum Gasteiger partial charge on any atom is 0.263 e. The highest BCUT2D eigenvalue weighted by Gasteiger charge is 2.31. The number of carbonyl (C=O) groups is 1. The van der Waals surface area contributed by atoms with Gasteiger partial charge in [0, 0.05) is 12.1 Å².